The van der Waals surface area contributed by atoms with Crippen LogP contribution in [0.3, 0.4) is 0 Å². The molecule has 0 unspecified atom stereocenters. The van der Waals surface area contributed by atoms with Crippen LogP contribution < -0.4 is 19.7 Å². The van der Waals surface area contributed by atoms with Crippen LogP contribution in [-0.2, 0) is 4.74 Å². The Hall–Kier alpha value is -2.61. The number of benzene rings is 1. The molecular formula is C23H31FN4O3. The average molecular weight is 431 g/mol. The van der Waals surface area contributed by atoms with Crippen molar-refractivity contribution in [1.82, 2.24) is 9.97 Å². The summed E-state index contributed by atoms with van der Waals surface area (Å²) < 4.78 is 30.7. The molecule has 1 aromatic carbocycles. The highest BCUT2D eigenvalue weighted by molar-refractivity contribution is 5.60. The van der Waals surface area contributed by atoms with Crippen molar-refractivity contribution in [3.8, 4) is 11.6 Å². The Morgan fingerprint density at radius 1 is 1.19 bits per heavy atom. The molecule has 4 rings (SSSR count). The van der Waals surface area contributed by atoms with Gasteiger partial charge in [-0.15, -0.1) is 0 Å². The first-order chi connectivity index (χ1) is 15.0. The fourth-order valence-electron chi connectivity index (χ4n) is 4.01. The molecule has 1 aliphatic heterocycles. The second-order valence-corrected chi connectivity index (χ2v) is 8.51. The molecule has 0 radical (unpaired) electrons. The first-order valence-corrected chi connectivity index (χ1v) is 10.9. The third-order valence-corrected chi connectivity index (χ3v) is 6.05. The van der Waals surface area contributed by atoms with Crippen molar-refractivity contribution in [1.29, 1.82) is 0 Å². The van der Waals surface area contributed by atoms with Crippen LogP contribution >= 0.6 is 0 Å². The van der Waals surface area contributed by atoms with Gasteiger partial charge in [0, 0.05) is 24.5 Å². The zero-order valence-electron chi connectivity index (χ0n) is 18.3. The van der Waals surface area contributed by atoms with Crippen molar-refractivity contribution in [3.63, 3.8) is 0 Å². The van der Waals surface area contributed by atoms with Gasteiger partial charge in [-0.05, 0) is 62.8 Å². The Labute approximate surface area is 182 Å². The number of morpholine rings is 1. The fraction of sp³-hybridized carbons (Fsp3) is 0.565. The molecule has 0 amide bonds. The van der Waals surface area contributed by atoms with Gasteiger partial charge in [0.1, 0.15) is 5.67 Å². The number of nitrogens with one attached hydrogen (secondary N) is 1. The molecule has 1 saturated heterocycles. The maximum Gasteiger partial charge on any atom is 0.262 e. The van der Waals surface area contributed by atoms with Gasteiger partial charge in [0.2, 0.25) is 5.95 Å². The van der Waals surface area contributed by atoms with E-state index in [2.05, 4.69) is 32.3 Å². The van der Waals surface area contributed by atoms with Crippen molar-refractivity contribution in [2.24, 2.45) is 5.92 Å². The van der Waals surface area contributed by atoms with Crippen molar-refractivity contribution in [3.05, 3.63) is 30.5 Å². The Morgan fingerprint density at radius 2 is 1.90 bits per heavy atom. The number of nitrogens with zero attached hydrogens (tertiary/aromatic N) is 3. The lowest BCUT2D eigenvalue weighted by Gasteiger charge is -2.30. The smallest absolute Gasteiger partial charge is 0.262 e. The minimum absolute atomic E-state index is 0.327. The van der Waals surface area contributed by atoms with Gasteiger partial charge < -0.3 is 24.4 Å². The molecule has 2 aliphatic rings. The van der Waals surface area contributed by atoms with E-state index in [1.807, 2.05) is 12.1 Å². The van der Waals surface area contributed by atoms with Crippen LogP contribution in [0.5, 0.6) is 11.6 Å². The molecule has 168 valence electrons. The number of aromatic nitrogens is 2. The number of alkyl halides is 1. The highest BCUT2D eigenvalue weighted by Gasteiger charge is 2.31. The summed E-state index contributed by atoms with van der Waals surface area (Å²) in [4.78, 5) is 11.1. The Morgan fingerprint density at radius 3 is 2.58 bits per heavy atom. The number of hydrogen-bond donors (Lipinski definition) is 1. The molecule has 0 spiro atoms. The second-order valence-electron chi connectivity index (χ2n) is 8.51. The first kappa shape index (κ1) is 21.6. The van der Waals surface area contributed by atoms with Gasteiger partial charge in [0.15, 0.2) is 5.75 Å². The van der Waals surface area contributed by atoms with Crippen molar-refractivity contribution < 1.29 is 18.6 Å². The number of rotatable bonds is 7. The van der Waals surface area contributed by atoms with Crippen molar-refractivity contribution in [2.75, 3.05) is 50.2 Å². The highest BCUT2D eigenvalue weighted by atomic mass is 19.1. The number of halogens is 1. The first-order valence-electron chi connectivity index (χ1n) is 10.9. The minimum atomic E-state index is -1.04. The lowest BCUT2D eigenvalue weighted by Crippen LogP contribution is -2.36. The van der Waals surface area contributed by atoms with Gasteiger partial charge in [-0.1, -0.05) is 0 Å². The molecule has 2 aromatic rings. The summed E-state index contributed by atoms with van der Waals surface area (Å²) in [6, 6.07) is 8.18. The molecule has 1 aromatic heterocycles. The molecule has 0 bridgehead atoms. The summed E-state index contributed by atoms with van der Waals surface area (Å²) in [5.74, 6) is 1.65. The maximum atomic E-state index is 14.0. The van der Waals surface area contributed by atoms with Gasteiger partial charge in [-0.2, -0.15) is 4.98 Å². The van der Waals surface area contributed by atoms with E-state index in [1.165, 1.54) is 5.69 Å². The van der Waals surface area contributed by atoms with Crippen LogP contribution in [-0.4, -0.2) is 55.7 Å². The monoisotopic (exact) mass is 430 g/mol. The fourth-order valence-corrected chi connectivity index (χ4v) is 4.01. The molecule has 1 saturated carbocycles. The zero-order valence-corrected chi connectivity index (χ0v) is 18.3. The molecule has 1 aliphatic carbocycles. The molecule has 2 heterocycles. The normalized spacial score (nSPS) is 24.0. The van der Waals surface area contributed by atoms with Crippen LogP contribution in [0.15, 0.2) is 30.5 Å². The predicted molar refractivity (Wildman–Crippen MR) is 118 cm³/mol. The number of hydrogen-bond acceptors (Lipinski definition) is 7. The third kappa shape index (κ3) is 5.76. The molecule has 1 N–H and O–H groups in total. The number of anilines is 3. The molecule has 0 atom stereocenters. The third-order valence-electron chi connectivity index (χ3n) is 6.05. The van der Waals surface area contributed by atoms with E-state index in [-0.39, 0.29) is 0 Å². The van der Waals surface area contributed by atoms with Gasteiger partial charge in [-0.3, -0.25) is 0 Å². The van der Waals surface area contributed by atoms with Gasteiger partial charge >= 0.3 is 0 Å². The van der Waals surface area contributed by atoms with E-state index in [4.69, 9.17) is 14.2 Å². The van der Waals surface area contributed by atoms with Crippen LogP contribution in [0.2, 0.25) is 0 Å². The summed E-state index contributed by atoms with van der Waals surface area (Å²) in [5, 5.41) is 3.22. The van der Waals surface area contributed by atoms with Crippen LogP contribution in [0, 0.1) is 5.92 Å². The van der Waals surface area contributed by atoms with E-state index < -0.39 is 5.67 Å². The SMILES string of the molecule is COc1cnc(Nc2ccc(N3CCOCC3)cc2)nc1OCC1CCC(C)(F)CC1. The Bertz CT molecular complexity index is 846. The van der Waals surface area contributed by atoms with Gasteiger partial charge in [-0.25, -0.2) is 9.37 Å². The molecule has 7 nitrogen and oxygen atoms in total. The maximum absolute atomic E-state index is 14.0. The van der Waals surface area contributed by atoms with E-state index in [1.54, 1.807) is 20.2 Å². The van der Waals surface area contributed by atoms with E-state index >= 15 is 0 Å². The van der Waals surface area contributed by atoms with Crippen LogP contribution in [0.25, 0.3) is 0 Å². The minimum Gasteiger partial charge on any atom is -0.490 e. The Balaban J connectivity index is 1.37. The van der Waals surface area contributed by atoms with E-state index in [0.717, 1.165) is 44.8 Å². The zero-order chi connectivity index (χ0) is 21.7. The molecular weight excluding hydrogens is 399 g/mol. The van der Waals surface area contributed by atoms with E-state index in [0.29, 0.717) is 42.9 Å². The summed E-state index contributed by atoms with van der Waals surface area (Å²) in [5.41, 5.74) is 1.02. The summed E-state index contributed by atoms with van der Waals surface area (Å²) in [6.45, 7) is 5.51. The van der Waals surface area contributed by atoms with Gasteiger partial charge in [0.05, 0.1) is 33.1 Å². The number of ether oxygens (including phenoxy) is 3. The largest absolute Gasteiger partial charge is 0.490 e. The molecule has 8 heteroatoms. The van der Waals surface area contributed by atoms with Gasteiger partial charge in [0.25, 0.3) is 5.88 Å². The second kappa shape index (κ2) is 9.68. The summed E-state index contributed by atoms with van der Waals surface area (Å²) >= 11 is 0. The average Bonchev–Trinajstić information content (AvgIpc) is 2.79. The molecule has 31 heavy (non-hydrogen) atoms. The predicted octanol–water partition coefficient (Wildman–Crippen LogP) is 4.36. The standard InChI is InChI=1S/C23H31FN4O3/c1-23(24)9-7-17(8-10-23)16-31-21-20(29-2)15-25-22(27-21)26-18-3-5-19(6-4-18)28-11-13-30-14-12-28/h3-6,15,17H,7-14,16H2,1-2H3,(H,25,26,27). The quantitative estimate of drug-likeness (QED) is 0.700. The van der Waals surface area contributed by atoms with Crippen molar-refractivity contribution >= 4 is 17.3 Å². The lowest BCUT2D eigenvalue weighted by molar-refractivity contribution is 0.0830. The topological polar surface area (TPSA) is 68.7 Å². The Kier molecular flexibility index (Phi) is 6.75. The summed E-state index contributed by atoms with van der Waals surface area (Å²) in [6.07, 6.45) is 4.40. The molecule has 2 fully saturated rings. The summed E-state index contributed by atoms with van der Waals surface area (Å²) in [7, 11) is 1.57. The van der Waals surface area contributed by atoms with Crippen LogP contribution in [0.4, 0.5) is 21.7 Å². The van der Waals surface area contributed by atoms with Crippen molar-refractivity contribution in [2.45, 2.75) is 38.3 Å². The van der Waals surface area contributed by atoms with Crippen LogP contribution in [0.1, 0.15) is 32.6 Å². The lowest BCUT2D eigenvalue weighted by atomic mass is 9.81. The van der Waals surface area contributed by atoms with E-state index in [9.17, 15) is 4.39 Å². The highest BCUT2D eigenvalue weighted by Crippen LogP contribution is 2.35. The number of methoxy groups -OCH3 is 1.